The summed E-state index contributed by atoms with van der Waals surface area (Å²) in [5.41, 5.74) is 4.11. The third-order valence-electron chi connectivity index (χ3n) is 5.71. The lowest BCUT2D eigenvalue weighted by Crippen LogP contribution is -2.14. The van der Waals surface area contributed by atoms with Crippen LogP contribution >= 0.6 is 0 Å². The Balaban J connectivity index is 1.62. The van der Waals surface area contributed by atoms with Gasteiger partial charge in [0.2, 0.25) is 5.91 Å². The number of fused-ring (bicyclic) bond motifs is 1. The molecule has 6 nitrogen and oxygen atoms in total. The van der Waals surface area contributed by atoms with E-state index in [9.17, 15) is 9.59 Å². The van der Waals surface area contributed by atoms with Gasteiger partial charge in [-0.05, 0) is 60.0 Å². The zero-order chi connectivity index (χ0) is 24.2. The summed E-state index contributed by atoms with van der Waals surface area (Å²) in [4.78, 5) is 29.9. The Bertz CT molecular complexity index is 1420. The molecule has 0 spiro atoms. The first kappa shape index (κ1) is 23.0. The molecule has 34 heavy (non-hydrogen) atoms. The first-order chi connectivity index (χ1) is 16.4. The van der Waals surface area contributed by atoms with Crippen LogP contribution < -0.4 is 5.32 Å². The minimum atomic E-state index is -0.526. The van der Waals surface area contributed by atoms with Gasteiger partial charge in [-0.2, -0.15) is 0 Å². The maximum Gasteiger partial charge on any atom is 0.340 e. The molecule has 0 aliphatic carbocycles. The highest BCUT2D eigenvalue weighted by Gasteiger charge is 2.16. The largest absolute Gasteiger partial charge is 0.465 e. The molecule has 0 aliphatic heterocycles. The molecule has 4 rings (SSSR count). The molecule has 1 N–H and O–H groups in total. The molecule has 0 saturated heterocycles. The van der Waals surface area contributed by atoms with Gasteiger partial charge in [0, 0.05) is 24.4 Å². The van der Waals surface area contributed by atoms with E-state index in [1.807, 2.05) is 67.9 Å². The standard InChI is InChI=1S/C28H27N3O3/c1-5-26-29-19(3)17-31(26)23-12-13-25(24(16-23)28(33)34-4)30-27(32)14-18(2)21-11-10-20-8-6-7-9-22(20)15-21/h6-17H,5H2,1-4H3,(H,30,32). The normalized spacial score (nSPS) is 11.5. The van der Waals surface area contributed by atoms with Crippen LogP contribution in [-0.4, -0.2) is 28.5 Å². The number of amides is 1. The summed E-state index contributed by atoms with van der Waals surface area (Å²) < 4.78 is 6.91. The van der Waals surface area contributed by atoms with Crippen LogP contribution in [0, 0.1) is 6.92 Å². The van der Waals surface area contributed by atoms with Gasteiger partial charge in [-0.15, -0.1) is 0 Å². The lowest BCUT2D eigenvalue weighted by molar-refractivity contribution is -0.111. The highest BCUT2D eigenvalue weighted by molar-refractivity contribution is 6.08. The summed E-state index contributed by atoms with van der Waals surface area (Å²) in [6, 6.07) is 19.5. The Hall–Kier alpha value is -4.19. The zero-order valence-electron chi connectivity index (χ0n) is 19.8. The van der Waals surface area contributed by atoms with Crippen molar-refractivity contribution in [1.29, 1.82) is 0 Å². The monoisotopic (exact) mass is 453 g/mol. The lowest BCUT2D eigenvalue weighted by atomic mass is 10.0. The first-order valence-corrected chi connectivity index (χ1v) is 11.2. The van der Waals surface area contributed by atoms with E-state index in [0.29, 0.717) is 5.69 Å². The van der Waals surface area contributed by atoms with Crippen molar-refractivity contribution in [2.45, 2.75) is 27.2 Å². The van der Waals surface area contributed by atoms with Crippen LogP contribution in [0.4, 0.5) is 5.69 Å². The van der Waals surface area contributed by atoms with Crippen LogP contribution in [0.1, 0.15) is 41.3 Å². The molecular weight excluding hydrogens is 426 g/mol. The van der Waals surface area contributed by atoms with E-state index in [1.165, 1.54) is 13.2 Å². The van der Waals surface area contributed by atoms with Crippen molar-refractivity contribution in [2.75, 3.05) is 12.4 Å². The number of esters is 1. The minimum absolute atomic E-state index is 0.276. The van der Waals surface area contributed by atoms with Gasteiger partial charge >= 0.3 is 5.97 Å². The summed E-state index contributed by atoms with van der Waals surface area (Å²) in [5.74, 6) is 0.0394. The molecule has 6 heteroatoms. The average Bonchev–Trinajstić information content (AvgIpc) is 3.24. The Morgan fingerprint density at radius 2 is 1.82 bits per heavy atom. The zero-order valence-corrected chi connectivity index (χ0v) is 19.8. The second-order valence-corrected chi connectivity index (χ2v) is 8.12. The number of benzene rings is 3. The van der Waals surface area contributed by atoms with E-state index < -0.39 is 5.97 Å². The topological polar surface area (TPSA) is 73.2 Å². The van der Waals surface area contributed by atoms with Crippen LogP contribution in [0.25, 0.3) is 22.0 Å². The van der Waals surface area contributed by atoms with E-state index in [4.69, 9.17) is 4.74 Å². The number of methoxy groups -OCH3 is 1. The molecule has 0 unspecified atom stereocenters. The van der Waals surface area contributed by atoms with Gasteiger partial charge in [0.25, 0.3) is 0 Å². The second-order valence-electron chi connectivity index (χ2n) is 8.12. The van der Waals surface area contributed by atoms with Crippen molar-refractivity contribution < 1.29 is 14.3 Å². The first-order valence-electron chi connectivity index (χ1n) is 11.2. The summed E-state index contributed by atoms with van der Waals surface area (Å²) in [6.45, 7) is 5.84. The molecule has 0 radical (unpaired) electrons. The smallest absolute Gasteiger partial charge is 0.340 e. The van der Waals surface area contributed by atoms with Gasteiger partial charge in [0.1, 0.15) is 5.82 Å². The molecule has 3 aromatic carbocycles. The number of nitrogens with one attached hydrogen (secondary N) is 1. The number of aryl methyl sites for hydroxylation is 2. The second kappa shape index (κ2) is 9.75. The Labute approximate surface area is 198 Å². The number of nitrogens with zero attached hydrogens (tertiary/aromatic N) is 2. The van der Waals surface area contributed by atoms with Crippen molar-refractivity contribution in [3.05, 3.63) is 95.6 Å². The van der Waals surface area contributed by atoms with Crippen molar-refractivity contribution in [1.82, 2.24) is 9.55 Å². The van der Waals surface area contributed by atoms with Crippen molar-refractivity contribution >= 4 is 33.9 Å². The highest BCUT2D eigenvalue weighted by Crippen LogP contribution is 2.24. The molecule has 1 heterocycles. The minimum Gasteiger partial charge on any atom is -0.465 e. The van der Waals surface area contributed by atoms with Crippen LogP contribution in [0.2, 0.25) is 0 Å². The number of ether oxygens (including phenoxy) is 1. The molecule has 0 atom stereocenters. The quantitative estimate of drug-likeness (QED) is 0.299. The fraction of sp³-hybridized carbons (Fsp3) is 0.179. The number of anilines is 1. The molecule has 0 aliphatic rings. The molecule has 0 bridgehead atoms. The number of carbonyl (C=O) groups is 2. The highest BCUT2D eigenvalue weighted by atomic mass is 16.5. The van der Waals surface area contributed by atoms with Crippen molar-refractivity contribution in [3.8, 4) is 5.69 Å². The van der Waals surface area contributed by atoms with Crippen LogP contribution in [0.3, 0.4) is 0 Å². The molecular formula is C28H27N3O3. The van der Waals surface area contributed by atoms with Crippen molar-refractivity contribution in [3.63, 3.8) is 0 Å². The van der Waals surface area contributed by atoms with Gasteiger partial charge < -0.3 is 14.6 Å². The molecule has 1 aromatic heterocycles. The average molecular weight is 454 g/mol. The van der Waals surface area contributed by atoms with Crippen molar-refractivity contribution in [2.24, 2.45) is 0 Å². The van der Waals surface area contributed by atoms with Gasteiger partial charge in [-0.25, -0.2) is 9.78 Å². The summed E-state index contributed by atoms with van der Waals surface area (Å²) >= 11 is 0. The van der Waals surface area contributed by atoms with E-state index in [1.54, 1.807) is 12.1 Å². The third kappa shape index (κ3) is 4.76. The molecule has 4 aromatic rings. The summed E-state index contributed by atoms with van der Waals surface area (Å²) in [5, 5.41) is 5.09. The molecule has 172 valence electrons. The number of carbonyl (C=O) groups excluding carboxylic acids is 2. The van der Waals surface area contributed by atoms with Gasteiger partial charge in [-0.1, -0.05) is 43.3 Å². The Morgan fingerprint density at radius 3 is 2.56 bits per heavy atom. The van der Waals surface area contributed by atoms with Gasteiger partial charge in [0.05, 0.1) is 24.1 Å². The van der Waals surface area contributed by atoms with Crippen LogP contribution in [-0.2, 0) is 16.0 Å². The number of aromatic nitrogens is 2. The Morgan fingerprint density at radius 1 is 1.06 bits per heavy atom. The number of hydrogen-bond acceptors (Lipinski definition) is 4. The van der Waals surface area contributed by atoms with Gasteiger partial charge in [-0.3, -0.25) is 4.79 Å². The fourth-order valence-electron chi connectivity index (χ4n) is 3.97. The van der Waals surface area contributed by atoms with E-state index in [2.05, 4.69) is 22.4 Å². The van der Waals surface area contributed by atoms with E-state index >= 15 is 0 Å². The predicted molar refractivity (Wildman–Crippen MR) is 135 cm³/mol. The molecule has 0 fully saturated rings. The summed E-state index contributed by atoms with van der Waals surface area (Å²) in [6.07, 6.45) is 4.20. The number of hydrogen-bond donors (Lipinski definition) is 1. The molecule has 1 amide bonds. The SMILES string of the molecule is CCc1nc(C)cn1-c1ccc(NC(=O)C=C(C)c2ccc3ccccc3c2)c(C(=O)OC)c1. The van der Waals surface area contributed by atoms with E-state index in [-0.39, 0.29) is 11.5 Å². The molecule has 0 saturated carbocycles. The third-order valence-corrected chi connectivity index (χ3v) is 5.71. The number of rotatable bonds is 6. The number of allylic oxidation sites excluding steroid dienone is 1. The fourth-order valence-corrected chi connectivity index (χ4v) is 3.97. The van der Waals surface area contributed by atoms with Gasteiger partial charge in [0.15, 0.2) is 0 Å². The van der Waals surface area contributed by atoms with E-state index in [0.717, 1.165) is 45.5 Å². The number of imidazole rings is 1. The van der Waals surface area contributed by atoms with Crippen LogP contribution in [0.15, 0.2) is 72.9 Å². The lowest BCUT2D eigenvalue weighted by Gasteiger charge is -2.13. The van der Waals surface area contributed by atoms with Crippen LogP contribution in [0.5, 0.6) is 0 Å². The maximum atomic E-state index is 12.8. The summed E-state index contributed by atoms with van der Waals surface area (Å²) in [7, 11) is 1.32. The maximum absolute atomic E-state index is 12.8. The predicted octanol–water partition coefficient (Wildman–Crippen LogP) is 5.72. The Kier molecular flexibility index (Phi) is 6.59.